The van der Waals surface area contributed by atoms with Gasteiger partial charge >= 0.3 is 0 Å². The second-order valence-electron chi connectivity index (χ2n) is 14.2. The molecule has 8 nitrogen and oxygen atoms in total. The van der Waals surface area contributed by atoms with E-state index in [1.54, 1.807) is 4.31 Å². The zero-order valence-electron chi connectivity index (χ0n) is 27.4. The third-order valence-corrected chi connectivity index (χ3v) is 12.4. The molecule has 0 unspecified atom stereocenters. The van der Waals surface area contributed by atoms with Crippen LogP contribution in [-0.2, 0) is 42.5 Å². The molecule has 3 fully saturated rings. The minimum Gasteiger partial charge on any atom is -0.301 e. The summed E-state index contributed by atoms with van der Waals surface area (Å²) in [4.78, 5) is 7.84. The number of rotatable bonds is 8. The van der Waals surface area contributed by atoms with E-state index in [1.165, 1.54) is 56.2 Å². The van der Waals surface area contributed by atoms with E-state index in [9.17, 15) is 8.42 Å². The topological polar surface area (TPSA) is 64.9 Å². The highest BCUT2D eigenvalue weighted by Crippen LogP contribution is 2.34. The zero-order chi connectivity index (χ0) is 32.1. The number of aryl methyl sites for hydroxylation is 1. The molecule has 1 saturated heterocycles. The van der Waals surface area contributed by atoms with Gasteiger partial charge in [0.15, 0.2) is 0 Å². The van der Waals surface area contributed by atoms with Crippen LogP contribution in [0.15, 0.2) is 36.4 Å². The summed E-state index contributed by atoms with van der Waals surface area (Å²) in [6.45, 7) is 9.51. The standard InChI is InChI=1S/C37H45ClN6O2S/c1-47(45,46)43-18-14-36-34(26-43)37(39-44(36)16-2-15-40-19-21-41(22-20-40)32-8-9-32)30-7-12-35(38)29(24-30)6-4-27-3-5-28-13-17-42(33-10-11-33)25-31(28)23-27/h3,5,7,12,23-24,32-33H,2,8-11,13-22,25-26H2,1H3. The monoisotopic (exact) mass is 672 g/mol. The molecule has 8 rings (SSSR count). The van der Waals surface area contributed by atoms with Crippen molar-refractivity contribution >= 4 is 21.6 Å². The van der Waals surface area contributed by atoms with Crippen molar-refractivity contribution in [3.8, 4) is 23.1 Å². The lowest BCUT2D eigenvalue weighted by Crippen LogP contribution is -2.47. The molecule has 248 valence electrons. The number of aromatic nitrogens is 2. The van der Waals surface area contributed by atoms with E-state index in [1.807, 2.05) is 18.2 Å². The van der Waals surface area contributed by atoms with E-state index >= 15 is 0 Å². The number of hydrogen-bond donors (Lipinski definition) is 0. The molecule has 0 radical (unpaired) electrons. The lowest BCUT2D eigenvalue weighted by molar-refractivity contribution is 0.124. The fourth-order valence-electron chi connectivity index (χ4n) is 7.72. The van der Waals surface area contributed by atoms with Crippen LogP contribution < -0.4 is 0 Å². The Balaban J connectivity index is 1.02. The average Bonchev–Trinajstić information content (AvgIpc) is 4.01. The van der Waals surface area contributed by atoms with Gasteiger partial charge in [0.05, 0.1) is 17.0 Å². The predicted molar refractivity (Wildman–Crippen MR) is 187 cm³/mol. The quantitative estimate of drug-likeness (QED) is 0.326. The van der Waals surface area contributed by atoms with E-state index in [-0.39, 0.29) is 0 Å². The van der Waals surface area contributed by atoms with Gasteiger partial charge in [0.2, 0.25) is 10.0 Å². The molecular weight excluding hydrogens is 628 g/mol. The van der Waals surface area contributed by atoms with E-state index in [0.29, 0.717) is 24.5 Å². The van der Waals surface area contributed by atoms with Crippen LogP contribution in [0.3, 0.4) is 0 Å². The molecular formula is C37H45ClN6O2S. The molecule has 10 heteroatoms. The third kappa shape index (κ3) is 7.05. The Kier molecular flexibility index (Phi) is 8.70. The van der Waals surface area contributed by atoms with E-state index in [4.69, 9.17) is 16.7 Å². The number of halogens is 1. The van der Waals surface area contributed by atoms with Crippen LogP contribution in [0.5, 0.6) is 0 Å². The van der Waals surface area contributed by atoms with E-state index in [2.05, 4.69) is 49.4 Å². The SMILES string of the molecule is CS(=O)(=O)N1CCc2c(c(-c3ccc(Cl)c(C#Cc4ccc5c(c4)CN(C4CC4)CC5)c3)nn2CCCN2CCN(C3CC3)CC2)C1. The molecule has 1 aromatic heterocycles. The van der Waals surface area contributed by atoms with Crippen molar-refractivity contribution in [3.05, 3.63) is 74.9 Å². The van der Waals surface area contributed by atoms with Crippen LogP contribution in [0, 0.1) is 11.8 Å². The highest BCUT2D eigenvalue weighted by atomic mass is 35.5. The molecule has 0 amide bonds. The maximum Gasteiger partial charge on any atom is 0.211 e. The highest BCUT2D eigenvalue weighted by molar-refractivity contribution is 7.88. The Labute approximate surface area is 284 Å². The number of piperazine rings is 1. The fraction of sp³-hybridized carbons (Fsp3) is 0.541. The first-order valence-corrected chi connectivity index (χ1v) is 19.7. The van der Waals surface area contributed by atoms with Crippen molar-refractivity contribution in [2.45, 2.75) is 76.7 Å². The Bertz CT molecular complexity index is 1830. The Morgan fingerprint density at radius 3 is 2.38 bits per heavy atom. The molecule has 0 spiro atoms. The van der Waals surface area contributed by atoms with Crippen molar-refractivity contribution < 1.29 is 8.42 Å². The van der Waals surface area contributed by atoms with Crippen LogP contribution in [0.4, 0.5) is 0 Å². The molecule has 2 aromatic carbocycles. The second-order valence-corrected chi connectivity index (χ2v) is 16.6. The lowest BCUT2D eigenvalue weighted by atomic mass is 9.97. The van der Waals surface area contributed by atoms with Crippen molar-refractivity contribution in [2.24, 2.45) is 0 Å². The Morgan fingerprint density at radius 2 is 1.62 bits per heavy atom. The summed E-state index contributed by atoms with van der Waals surface area (Å²) in [5.41, 5.74) is 8.49. The molecule has 3 aliphatic heterocycles. The molecule has 3 aromatic rings. The van der Waals surface area contributed by atoms with Crippen LogP contribution in [0.2, 0.25) is 5.02 Å². The maximum atomic E-state index is 12.6. The van der Waals surface area contributed by atoms with E-state index in [0.717, 1.165) is 97.8 Å². The third-order valence-electron chi connectivity index (χ3n) is 10.8. The van der Waals surface area contributed by atoms with Gasteiger partial charge in [-0.3, -0.25) is 14.5 Å². The molecule has 47 heavy (non-hydrogen) atoms. The number of benzene rings is 2. The first-order chi connectivity index (χ1) is 22.8. The molecule has 2 aliphatic carbocycles. The van der Waals surface area contributed by atoms with Crippen LogP contribution in [-0.4, -0.2) is 101 Å². The smallest absolute Gasteiger partial charge is 0.211 e. The van der Waals surface area contributed by atoms with Crippen LogP contribution >= 0.6 is 11.6 Å². The first-order valence-electron chi connectivity index (χ1n) is 17.5. The molecule has 5 aliphatic rings. The Hall–Kier alpha value is -2.71. The van der Waals surface area contributed by atoms with Crippen molar-refractivity contribution in [2.75, 3.05) is 52.1 Å². The minimum atomic E-state index is -3.32. The van der Waals surface area contributed by atoms with Crippen molar-refractivity contribution in [1.82, 2.24) is 28.8 Å². The normalized spacial score (nSPS) is 21.2. The molecule has 0 N–H and O–H groups in total. The maximum absolute atomic E-state index is 12.6. The first kappa shape index (κ1) is 31.6. The van der Waals surface area contributed by atoms with Crippen LogP contribution in [0.25, 0.3) is 11.3 Å². The van der Waals surface area contributed by atoms with Gasteiger partial charge in [-0.15, -0.1) is 0 Å². The van der Waals surface area contributed by atoms with Gasteiger partial charge in [0.1, 0.15) is 0 Å². The van der Waals surface area contributed by atoms with Gasteiger partial charge < -0.3 is 4.90 Å². The van der Waals surface area contributed by atoms with Gasteiger partial charge in [0.25, 0.3) is 0 Å². The largest absolute Gasteiger partial charge is 0.301 e. The van der Waals surface area contributed by atoms with Gasteiger partial charge in [0, 0.05) is 105 Å². The van der Waals surface area contributed by atoms with Crippen molar-refractivity contribution in [3.63, 3.8) is 0 Å². The van der Waals surface area contributed by atoms with Crippen molar-refractivity contribution in [1.29, 1.82) is 0 Å². The summed E-state index contributed by atoms with van der Waals surface area (Å²) >= 11 is 6.70. The summed E-state index contributed by atoms with van der Waals surface area (Å²) in [6, 6.07) is 14.1. The second kappa shape index (κ2) is 13.0. The van der Waals surface area contributed by atoms with E-state index < -0.39 is 10.0 Å². The van der Waals surface area contributed by atoms with Gasteiger partial charge in [-0.25, -0.2) is 8.42 Å². The van der Waals surface area contributed by atoms with Crippen LogP contribution in [0.1, 0.15) is 65.6 Å². The molecule has 2 saturated carbocycles. The Morgan fingerprint density at radius 1 is 0.830 bits per heavy atom. The van der Waals surface area contributed by atoms with Gasteiger partial charge in [-0.05, 0) is 80.5 Å². The fourth-order valence-corrected chi connectivity index (χ4v) is 8.67. The summed E-state index contributed by atoms with van der Waals surface area (Å²) < 4.78 is 28.9. The molecule has 4 heterocycles. The number of sulfonamides is 1. The number of nitrogens with zero attached hydrogens (tertiary/aromatic N) is 6. The van der Waals surface area contributed by atoms with Gasteiger partial charge in [-0.1, -0.05) is 35.6 Å². The molecule has 0 bridgehead atoms. The summed E-state index contributed by atoms with van der Waals surface area (Å²) in [6.07, 6.45) is 9.49. The minimum absolute atomic E-state index is 0.337. The summed E-state index contributed by atoms with van der Waals surface area (Å²) in [5, 5.41) is 5.74. The predicted octanol–water partition coefficient (Wildman–Crippen LogP) is 4.61. The zero-order valence-corrected chi connectivity index (χ0v) is 29.0. The number of hydrogen-bond acceptors (Lipinski definition) is 6. The average molecular weight is 673 g/mol. The summed E-state index contributed by atoms with van der Waals surface area (Å²) in [5.74, 6) is 6.73. The van der Waals surface area contributed by atoms with Gasteiger partial charge in [-0.2, -0.15) is 9.40 Å². The molecule has 0 atom stereocenters. The highest BCUT2D eigenvalue weighted by Gasteiger charge is 2.33. The lowest BCUT2D eigenvalue weighted by Gasteiger charge is -2.34. The summed E-state index contributed by atoms with van der Waals surface area (Å²) in [7, 11) is -3.32. The number of fused-ring (bicyclic) bond motifs is 2.